The van der Waals surface area contributed by atoms with Gasteiger partial charge in [-0.05, 0) is 36.6 Å². The molecule has 0 bridgehead atoms. The zero-order chi connectivity index (χ0) is 24.1. The van der Waals surface area contributed by atoms with Gasteiger partial charge in [-0.1, -0.05) is 66.9 Å². The number of hydroxylamine groups is 2. The summed E-state index contributed by atoms with van der Waals surface area (Å²) in [5.74, 6) is 0.247. The first kappa shape index (κ1) is 24.4. The van der Waals surface area contributed by atoms with Gasteiger partial charge in [0.25, 0.3) is 5.91 Å². The van der Waals surface area contributed by atoms with Gasteiger partial charge < -0.3 is 10.4 Å². The predicted molar refractivity (Wildman–Crippen MR) is 136 cm³/mol. The molecule has 2 aliphatic heterocycles. The minimum Gasteiger partial charge on any atom is -0.396 e. The second-order valence-corrected chi connectivity index (χ2v) is 8.91. The number of rotatable bonds is 8. The van der Waals surface area contributed by atoms with Crippen molar-refractivity contribution < 1.29 is 14.7 Å². The van der Waals surface area contributed by atoms with Crippen molar-refractivity contribution in [2.24, 2.45) is 21.8 Å². The highest BCUT2D eigenvalue weighted by Gasteiger charge is 2.38. The summed E-state index contributed by atoms with van der Waals surface area (Å²) in [4.78, 5) is 28.9. The molecule has 0 radical (unpaired) electrons. The van der Waals surface area contributed by atoms with Crippen LogP contribution < -0.4 is 5.32 Å². The highest BCUT2D eigenvalue weighted by molar-refractivity contribution is 6.41. The van der Waals surface area contributed by atoms with Crippen molar-refractivity contribution in [3.05, 3.63) is 70.2 Å². The number of amides is 1. The van der Waals surface area contributed by atoms with E-state index in [0.29, 0.717) is 45.9 Å². The Morgan fingerprint density at radius 3 is 2.59 bits per heavy atom. The minimum absolute atomic E-state index is 0.0531. The monoisotopic (exact) mass is 500 g/mol. The van der Waals surface area contributed by atoms with Crippen LogP contribution in [0.4, 0.5) is 5.69 Å². The third kappa shape index (κ3) is 5.33. The maximum absolute atomic E-state index is 13.6. The topological polar surface area (TPSA) is 86.5 Å². The molecule has 34 heavy (non-hydrogen) atoms. The Morgan fingerprint density at radius 2 is 1.91 bits per heavy atom. The highest BCUT2D eigenvalue weighted by atomic mass is 35.5. The lowest BCUT2D eigenvalue weighted by molar-refractivity contribution is -0.162. The number of nitrogens with one attached hydrogen (secondary N) is 1. The SMILES string of the molecule is CCC(CCO)CON1C(=O)C(c2c(Cl)cccc2Cl)=CC2CN=C(Nc3ccccc3)N=C21. The number of hydrogen-bond acceptors (Lipinski definition) is 6. The zero-order valence-corrected chi connectivity index (χ0v) is 20.3. The molecule has 0 spiro atoms. The second kappa shape index (κ2) is 11.1. The van der Waals surface area contributed by atoms with E-state index in [-0.39, 0.29) is 25.0 Å². The van der Waals surface area contributed by atoms with E-state index in [2.05, 4.69) is 15.3 Å². The first-order valence-corrected chi connectivity index (χ1v) is 12.0. The number of benzene rings is 2. The number of fused-ring (bicyclic) bond motifs is 1. The van der Waals surface area contributed by atoms with Gasteiger partial charge in [-0.25, -0.2) is 4.99 Å². The Morgan fingerprint density at radius 1 is 1.18 bits per heavy atom. The van der Waals surface area contributed by atoms with Crippen molar-refractivity contribution in [1.82, 2.24) is 5.06 Å². The molecule has 0 saturated carbocycles. The Bertz CT molecular complexity index is 1110. The maximum Gasteiger partial charge on any atom is 0.283 e. The zero-order valence-electron chi connectivity index (χ0n) is 18.7. The van der Waals surface area contributed by atoms with Gasteiger partial charge in [0.2, 0.25) is 5.96 Å². The predicted octanol–water partition coefficient (Wildman–Crippen LogP) is 5.06. The van der Waals surface area contributed by atoms with E-state index in [1.165, 1.54) is 5.06 Å². The fraction of sp³-hybridized carbons (Fsp3) is 0.320. The smallest absolute Gasteiger partial charge is 0.283 e. The van der Waals surface area contributed by atoms with E-state index in [1.54, 1.807) is 18.2 Å². The summed E-state index contributed by atoms with van der Waals surface area (Å²) in [5, 5.41) is 14.5. The number of aliphatic hydroxyl groups excluding tert-OH is 1. The molecule has 0 fully saturated rings. The second-order valence-electron chi connectivity index (χ2n) is 8.09. The summed E-state index contributed by atoms with van der Waals surface area (Å²) in [6, 6.07) is 14.7. The minimum atomic E-state index is -0.398. The van der Waals surface area contributed by atoms with E-state index >= 15 is 0 Å². The van der Waals surface area contributed by atoms with Crippen molar-refractivity contribution >= 4 is 52.2 Å². The molecule has 7 nitrogen and oxygen atoms in total. The first-order valence-electron chi connectivity index (χ1n) is 11.2. The standard InChI is InChI=1S/C25H26Cl2N4O3/c1-2-16(11-12-32)15-34-31-23-17(14-28-25(30-23)29-18-7-4-3-5-8-18)13-19(24(31)33)22-20(26)9-6-10-21(22)27/h3-10,13,16-17,32H,2,11-12,14-15H2,1H3,(H,28,29). The fourth-order valence-electron chi connectivity index (χ4n) is 3.86. The summed E-state index contributed by atoms with van der Waals surface area (Å²) in [6.07, 6.45) is 3.19. The normalized spacial score (nSPS) is 18.6. The number of carbonyl (C=O) groups is 1. The summed E-state index contributed by atoms with van der Waals surface area (Å²) in [7, 11) is 0. The summed E-state index contributed by atoms with van der Waals surface area (Å²) >= 11 is 12.8. The number of aliphatic hydroxyl groups is 1. The Labute approximate surface area is 208 Å². The van der Waals surface area contributed by atoms with Gasteiger partial charge in [0.15, 0.2) is 5.84 Å². The Balaban J connectivity index is 1.68. The first-order chi connectivity index (χ1) is 16.5. The lowest BCUT2D eigenvalue weighted by atomic mass is 9.93. The molecule has 2 aromatic carbocycles. The van der Waals surface area contributed by atoms with Crippen molar-refractivity contribution in [3.63, 3.8) is 0 Å². The fourth-order valence-corrected chi connectivity index (χ4v) is 4.46. The van der Waals surface area contributed by atoms with Gasteiger partial charge in [0, 0.05) is 23.4 Å². The van der Waals surface area contributed by atoms with Crippen molar-refractivity contribution in [3.8, 4) is 0 Å². The van der Waals surface area contributed by atoms with Gasteiger partial charge in [-0.2, -0.15) is 10.1 Å². The number of guanidine groups is 1. The number of aliphatic imine (C=N–C) groups is 2. The van der Waals surface area contributed by atoms with E-state index in [0.717, 1.165) is 12.1 Å². The third-order valence-corrected chi connectivity index (χ3v) is 6.43. The van der Waals surface area contributed by atoms with Crippen LogP contribution in [-0.4, -0.2) is 47.6 Å². The molecule has 2 atom stereocenters. The van der Waals surface area contributed by atoms with Crippen molar-refractivity contribution in [2.75, 3.05) is 25.1 Å². The maximum atomic E-state index is 13.6. The van der Waals surface area contributed by atoms with Gasteiger partial charge in [0.05, 0.1) is 29.1 Å². The molecule has 0 aromatic heterocycles. The molecule has 178 valence electrons. The van der Waals surface area contributed by atoms with Gasteiger partial charge in [-0.3, -0.25) is 9.63 Å². The Hall–Kier alpha value is -2.71. The molecular formula is C25H26Cl2N4O3. The van der Waals surface area contributed by atoms with Crippen LogP contribution in [0.15, 0.2) is 64.6 Å². The van der Waals surface area contributed by atoms with Gasteiger partial charge in [-0.15, -0.1) is 0 Å². The van der Waals surface area contributed by atoms with E-state index in [4.69, 9.17) is 28.0 Å². The van der Waals surface area contributed by atoms with Crippen LogP contribution in [0.3, 0.4) is 0 Å². The highest BCUT2D eigenvalue weighted by Crippen LogP contribution is 2.36. The van der Waals surface area contributed by atoms with Crippen LogP contribution in [0.2, 0.25) is 10.0 Å². The number of halogens is 2. The number of hydrogen-bond donors (Lipinski definition) is 2. The number of carbonyl (C=O) groups excluding carboxylic acids is 1. The molecule has 2 N–H and O–H groups in total. The number of anilines is 1. The summed E-state index contributed by atoms with van der Waals surface area (Å²) in [5.41, 5.74) is 1.65. The molecule has 2 heterocycles. The van der Waals surface area contributed by atoms with Gasteiger partial charge in [0.1, 0.15) is 0 Å². The molecule has 9 heteroatoms. The average Bonchev–Trinajstić information content (AvgIpc) is 2.84. The molecule has 0 saturated heterocycles. The van der Waals surface area contributed by atoms with Crippen LogP contribution in [0, 0.1) is 11.8 Å². The van der Waals surface area contributed by atoms with Crippen LogP contribution in [0.25, 0.3) is 5.57 Å². The molecule has 0 aliphatic carbocycles. The molecule has 2 aliphatic rings. The van der Waals surface area contributed by atoms with Crippen LogP contribution in [0.1, 0.15) is 25.3 Å². The van der Waals surface area contributed by atoms with Gasteiger partial charge >= 0.3 is 0 Å². The lowest BCUT2D eigenvalue weighted by Crippen LogP contribution is -2.48. The molecule has 2 aromatic rings. The van der Waals surface area contributed by atoms with Crippen LogP contribution in [-0.2, 0) is 9.63 Å². The number of nitrogens with zero attached hydrogens (tertiary/aromatic N) is 3. The average molecular weight is 501 g/mol. The third-order valence-electron chi connectivity index (χ3n) is 5.80. The summed E-state index contributed by atoms with van der Waals surface area (Å²) in [6.45, 7) is 2.71. The quantitative estimate of drug-likeness (QED) is 0.530. The van der Waals surface area contributed by atoms with E-state index in [9.17, 15) is 9.90 Å². The van der Waals surface area contributed by atoms with E-state index in [1.807, 2.05) is 43.3 Å². The number of para-hydroxylation sites is 1. The molecular weight excluding hydrogens is 475 g/mol. The molecule has 4 rings (SSSR count). The summed E-state index contributed by atoms with van der Waals surface area (Å²) < 4.78 is 0. The van der Waals surface area contributed by atoms with Crippen LogP contribution in [0.5, 0.6) is 0 Å². The molecule has 2 unspecified atom stereocenters. The largest absolute Gasteiger partial charge is 0.396 e. The van der Waals surface area contributed by atoms with E-state index < -0.39 is 5.91 Å². The Kier molecular flexibility index (Phi) is 8.00. The van der Waals surface area contributed by atoms with Crippen molar-refractivity contribution in [2.45, 2.75) is 19.8 Å². The number of amidine groups is 1. The lowest BCUT2D eigenvalue weighted by Gasteiger charge is -2.34. The van der Waals surface area contributed by atoms with Crippen molar-refractivity contribution in [1.29, 1.82) is 0 Å². The molecule has 1 amide bonds. The van der Waals surface area contributed by atoms with Crippen LogP contribution >= 0.6 is 23.2 Å².